The molecule has 2 aromatic rings. The van der Waals surface area contributed by atoms with Crippen LogP contribution in [0.2, 0.25) is 0 Å². The molecule has 4 rings (SSSR count). The van der Waals surface area contributed by atoms with Crippen LogP contribution < -0.4 is 4.90 Å². The summed E-state index contributed by atoms with van der Waals surface area (Å²) in [7, 11) is 0. The maximum atomic E-state index is 13.5. The van der Waals surface area contributed by atoms with E-state index in [2.05, 4.69) is 86.0 Å². The van der Waals surface area contributed by atoms with Crippen LogP contribution in [0.25, 0.3) is 0 Å². The van der Waals surface area contributed by atoms with Gasteiger partial charge in [0.25, 0.3) is 0 Å². The second-order valence-corrected chi connectivity index (χ2v) is 9.33. The monoisotopic (exact) mass is 392 g/mol. The lowest BCUT2D eigenvalue weighted by Gasteiger charge is -2.52. The molecule has 1 atom stereocenters. The Labute approximate surface area is 174 Å². The summed E-state index contributed by atoms with van der Waals surface area (Å²) in [6, 6.07) is 17.3. The van der Waals surface area contributed by atoms with Gasteiger partial charge in [-0.2, -0.15) is 0 Å². The molecule has 1 amide bonds. The number of rotatable bonds is 3. The Hall–Kier alpha value is -2.17. The van der Waals surface area contributed by atoms with E-state index in [4.69, 9.17) is 4.74 Å². The van der Waals surface area contributed by atoms with Gasteiger partial charge in [-0.1, -0.05) is 55.0 Å². The van der Waals surface area contributed by atoms with Crippen LogP contribution in [0.4, 0.5) is 5.69 Å². The van der Waals surface area contributed by atoms with Crippen molar-refractivity contribution in [2.24, 2.45) is 0 Å². The van der Waals surface area contributed by atoms with E-state index in [1.165, 1.54) is 16.7 Å². The lowest BCUT2D eigenvalue weighted by atomic mass is 9.65. The summed E-state index contributed by atoms with van der Waals surface area (Å²) in [6.45, 7) is 12.4. The van der Waals surface area contributed by atoms with Gasteiger partial charge in [0, 0.05) is 29.7 Å². The number of anilines is 1. The van der Waals surface area contributed by atoms with Crippen molar-refractivity contribution >= 4 is 11.6 Å². The molecule has 2 aromatic carbocycles. The molecule has 2 aliphatic heterocycles. The van der Waals surface area contributed by atoms with Crippen LogP contribution in [0.3, 0.4) is 0 Å². The number of morpholine rings is 1. The number of hydrogen-bond acceptors (Lipinski definition) is 3. The van der Waals surface area contributed by atoms with Crippen LogP contribution in [0, 0.1) is 6.92 Å². The number of carbonyl (C=O) groups excluding carboxylic acids is 1. The largest absolute Gasteiger partial charge is 0.379 e. The Bertz CT molecular complexity index is 887. The zero-order valence-electron chi connectivity index (χ0n) is 18.1. The summed E-state index contributed by atoms with van der Waals surface area (Å²) in [5, 5.41) is 0. The number of aryl methyl sites for hydroxylation is 1. The predicted octanol–water partition coefficient (Wildman–Crippen LogP) is 4.15. The van der Waals surface area contributed by atoms with E-state index in [0.29, 0.717) is 19.8 Å². The van der Waals surface area contributed by atoms with E-state index < -0.39 is 0 Å². The maximum Gasteiger partial charge on any atom is 0.241 e. The Morgan fingerprint density at radius 1 is 1.03 bits per heavy atom. The second-order valence-electron chi connectivity index (χ2n) is 9.33. The molecule has 1 saturated heterocycles. The van der Waals surface area contributed by atoms with E-state index in [-0.39, 0.29) is 16.9 Å². The van der Waals surface area contributed by atoms with E-state index >= 15 is 0 Å². The van der Waals surface area contributed by atoms with Crippen molar-refractivity contribution in [3.63, 3.8) is 0 Å². The Morgan fingerprint density at radius 2 is 1.72 bits per heavy atom. The summed E-state index contributed by atoms with van der Waals surface area (Å²) < 4.78 is 5.45. The molecule has 0 N–H and O–H groups in total. The quantitative estimate of drug-likeness (QED) is 0.787. The molecule has 0 unspecified atom stereocenters. The van der Waals surface area contributed by atoms with Gasteiger partial charge in [0.1, 0.15) is 0 Å². The van der Waals surface area contributed by atoms with Crippen LogP contribution in [0.1, 0.15) is 43.9 Å². The smallest absolute Gasteiger partial charge is 0.241 e. The minimum atomic E-state index is -0.282. The lowest BCUT2D eigenvalue weighted by Crippen LogP contribution is -2.58. The van der Waals surface area contributed by atoms with Crippen LogP contribution >= 0.6 is 0 Å². The van der Waals surface area contributed by atoms with E-state index in [1.54, 1.807) is 0 Å². The van der Waals surface area contributed by atoms with E-state index in [9.17, 15) is 4.79 Å². The highest BCUT2D eigenvalue weighted by Gasteiger charge is 2.47. The number of nitrogens with zero attached hydrogens (tertiary/aromatic N) is 2. The van der Waals surface area contributed by atoms with Crippen molar-refractivity contribution in [3.05, 3.63) is 65.2 Å². The summed E-state index contributed by atoms with van der Waals surface area (Å²) in [4.78, 5) is 17.8. The van der Waals surface area contributed by atoms with Crippen molar-refractivity contribution in [1.82, 2.24) is 4.90 Å². The fourth-order valence-electron chi connectivity index (χ4n) is 5.21. The van der Waals surface area contributed by atoms with Gasteiger partial charge in [-0.05, 0) is 44.4 Å². The van der Waals surface area contributed by atoms with Crippen molar-refractivity contribution in [3.8, 4) is 0 Å². The molecule has 0 aliphatic carbocycles. The lowest BCUT2D eigenvalue weighted by molar-refractivity contribution is -0.122. The van der Waals surface area contributed by atoms with Crippen molar-refractivity contribution in [1.29, 1.82) is 0 Å². The SMILES string of the molecule is Cc1ccc2c(c1)[C@](C)(c1ccccc1)CC(C)(C)N2C(=O)CN1CCOCC1. The minimum Gasteiger partial charge on any atom is -0.379 e. The van der Waals surface area contributed by atoms with Crippen LogP contribution in [-0.2, 0) is 14.9 Å². The van der Waals surface area contributed by atoms with Crippen molar-refractivity contribution in [2.45, 2.75) is 45.1 Å². The zero-order chi connectivity index (χ0) is 20.6. The topological polar surface area (TPSA) is 32.8 Å². The first-order chi connectivity index (χ1) is 13.8. The molecule has 2 aliphatic rings. The summed E-state index contributed by atoms with van der Waals surface area (Å²) in [5.74, 6) is 0.178. The van der Waals surface area contributed by atoms with Crippen LogP contribution in [0.15, 0.2) is 48.5 Å². The molecule has 0 saturated carbocycles. The molecule has 0 aromatic heterocycles. The molecule has 29 heavy (non-hydrogen) atoms. The van der Waals surface area contributed by atoms with Gasteiger partial charge in [0.15, 0.2) is 0 Å². The number of carbonyl (C=O) groups is 1. The van der Waals surface area contributed by atoms with Crippen molar-refractivity contribution < 1.29 is 9.53 Å². The number of fused-ring (bicyclic) bond motifs is 1. The van der Waals surface area contributed by atoms with Gasteiger partial charge < -0.3 is 9.64 Å². The van der Waals surface area contributed by atoms with Gasteiger partial charge in [0.2, 0.25) is 5.91 Å². The molecule has 2 heterocycles. The fraction of sp³-hybridized carbons (Fsp3) is 0.480. The molecular formula is C25H32N2O2. The Kier molecular flexibility index (Phi) is 5.26. The Morgan fingerprint density at radius 3 is 2.41 bits per heavy atom. The van der Waals surface area contributed by atoms with E-state index in [1.807, 2.05) is 0 Å². The average molecular weight is 393 g/mol. The highest BCUT2D eigenvalue weighted by molar-refractivity contribution is 5.98. The molecule has 0 radical (unpaired) electrons. The number of hydrogen-bond donors (Lipinski definition) is 0. The normalized spacial score (nSPS) is 24.2. The predicted molar refractivity (Wildman–Crippen MR) is 118 cm³/mol. The Balaban J connectivity index is 1.77. The average Bonchev–Trinajstić information content (AvgIpc) is 2.69. The van der Waals surface area contributed by atoms with Crippen LogP contribution in [0.5, 0.6) is 0 Å². The first-order valence-electron chi connectivity index (χ1n) is 10.6. The van der Waals surface area contributed by atoms with Crippen LogP contribution in [-0.4, -0.2) is 49.2 Å². The molecule has 4 nitrogen and oxygen atoms in total. The number of amides is 1. The third kappa shape index (κ3) is 3.72. The number of benzene rings is 2. The zero-order valence-corrected chi connectivity index (χ0v) is 18.1. The third-order valence-corrected chi connectivity index (χ3v) is 6.50. The van der Waals surface area contributed by atoms with E-state index in [0.717, 1.165) is 25.2 Å². The van der Waals surface area contributed by atoms with Gasteiger partial charge >= 0.3 is 0 Å². The molecule has 0 bridgehead atoms. The fourth-order valence-corrected chi connectivity index (χ4v) is 5.21. The first kappa shape index (κ1) is 20.1. The maximum absolute atomic E-state index is 13.5. The first-order valence-corrected chi connectivity index (χ1v) is 10.6. The highest BCUT2D eigenvalue weighted by Crippen LogP contribution is 2.50. The van der Waals surface area contributed by atoms with Gasteiger partial charge in [0.05, 0.1) is 19.8 Å². The highest BCUT2D eigenvalue weighted by atomic mass is 16.5. The molecular weight excluding hydrogens is 360 g/mol. The summed E-state index contributed by atoms with van der Waals surface area (Å²) >= 11 is 0. The standard InChI is InChI=1S/C25H32N2O2/c1-19-10-11-22-21(16-19)25(4,20-8-6-5-7-9-20)18-24(2,3)27(22)23(28)17-26-12-14-29-15-13-26/h5-11,16H,12-15,17-18H2,1-4H3/t25-/m0/s1. The van der Waals surface area contributed by atoms with Gasteiger partial charge in [-0.15, -0.1) is 0 Å². The van der Waals surface area contributed by atoms with Gasteiger partial charge in [-0.25, -0.2) is 0 Å². The van der Waals surface area contributed by atoms with Crippen molar-refractivity contribution in [2.75, 3.05) is 37.7 Å². The van der Waals surface area contributed by atoms with Gasteiger partial charge in [-0.3, -0.25) is 9.69 Å². The summed E-state index contributed by atoms with van der Waals surface area (Å²) in [5.41, 5.74) is 4.42. The molecule has 154 valence electrons. The molecule has 4 heteroatoms. The molecule has 1 fully saturated rings. The molecule has 0 spiro atoms. The summed E-state index contributed by atoms with van der Waals surface area (Å²) in [6.07, 6.45) is 0.884. The second kappa shape index (κ2) is 7.58. The number of ether oxygens (including phenoxy) is 1. The minimum absolute atomic E-state index is 0.137. The third-order valence-electron chi connectivity index (χ3n) is 6.50.